The molecular formula is C15H12ClF3N2O5. The van der Waals surface area contributed by atoms with Gasteiger partial charge in [-0.05, 0) is 13.0 Å². The summed E-state index contributed by atoms with van der Waals surface area (Å²) in [4.78, 5) is 34.6. The number of hydrogen-bond acceptors (Lipinski definition) is 5. The van der Waals surface area contributed by atoms with Crippen molar-refractivity contribution in [3.8, 4) is 0 Å². The monoisotopic (exact) mass is 392 g/mol. The van der Waals surface area contributed by atoms with Gasteiger partial charge in [-0.2, -0.15) is 13.2 Å². The van der Waals surface area contributed by atoms with Gasteiger partial charge in [-0.3, -0.25) is 10.1 Å². The molecule has 0 atom stereocenters. The molecule has 2 N–H and O–H groups in total. The fourth-order valence-corrected chi connectivity index (χ4v) is 2.20. The predicted molar refractivity (Wildman–Crippen MR) is 83.8 cm³/mol. The van der Waals surface area contributed by atoms with Crippen molar-refractivity contribution in [2.45, 2.75) is 13.1 Å². The number of imide groups is 1. The average molecular weight is 393 g/mol. The van der Waals surface area contributed by atoms with Crippen LogP contribution in [0.15, 0.2) is 22.6 Å². The molecule has 11 heteroatoms. The van der Waals surface area contributed by atoms with Crippen LogP contribution in [0.5, 0.6) is 0 Å². The van der Waals surface area contributed by atoms with E-state index in [9.17, 15) is 27.6 Å². The third-order valence-electron chi connectivity index (χ3n) is 3.14. The topological polar surface area (TPSA) is 97.6 Å². The Hall–Kier alpha value is -2.75. The maximum atomic E-state index is 12.0. The molecule has 0 aliphatic carbocycles. The summed E-state index contributed by atoms with van der Waals surface area (Å²) >= 11 is 5.96. The normalized spacial score (nSPS) is 11.3. The van der Waals surface area contributed by atoms with Crippen LogP contribution in [0.3, 0.4) is 0 Å². The summed E-state index contributed by atoms with van der Waals surface area (Å²) in [7, 11) is 0. The van der Waals surface area contributed by atoms with Gasteiger partial charge in [0.1, 0.15) is 6.54 Å². The van der Waals surface area contributed by atoms with Crippen LogP contribution in [0.2, 0.25) is 5.02 Å². The first kappa shape index (κ1) is 19.6. The lowest BCUT2D eigenvalue weighted by Gasteiger charge is -2.09. The Bertz CT molecular complexity index is 863. The van der Waals surface area contributed by atoms with Gasteiger partial charge in [0, 0.05) is 10.9 Å². The minimum atomic E-state index is -4.62. The van der Waals surface area contributed by atoms with Gasteiger partial charge in [0.15, 0.2) is 12.2 Å². The number of alkyl halides is 3. The van der Waals surface area contributed by atoms with E-state index in [4.69, 9.17) is 20.8 Å². The van der Waals surface area contributed by atoms with Gasteiger partial charge < -0.3 is 14.5 Å². The zero-order valence-electron chi connectivity index (χ0n) is 13.2. The van der Waals surface area contributed by atoms with E-state index < -0.39 is 37.2 Å². The minimum absolute atomic E-state index is 0.178. The van der Waals surface area contributed by atoms with Crippen molar-refractivity contribution in [3.63, 3.8) is 0 Å². The van der Waals surface area contributed by atoms with E-state index in [2.05, 4.69) is 0 Å². The van der Waals surface area contributed by atoms with Gasteiger partial charge in [0.05, 0.1) is 5.02 Å². The Kier molecular flexibility index (Phi) is 5.76. The molecule has 0 aliphatic rings. The van der Waals surface area contributed by atoms with E-state index in [0.717, 1.165) is 0 Å². The van der Waals surface area contributed by atoms with Gasteiger partial charge in [0.2, 0.25) is 5.76 Å². The predicted octanol–water partition coefficient (Wildman–Crippen LogP) is 2.94. The van der Waals surface area contributed by atoms with Crippen molar-refractivity contribution in [1.82, 2.24) is 10.6 Å². The molecule has 0 aliphatic heterocycles. The van der Waals surface area contributed by atoms with Gasteiger partial charge in [-0.1, -0.05) is 23.7 Å². The second kappa shape index (κ2) is 7.65. The second-order valence-corrected chi connectivity index (χ2v) is 5.50. The standard InChI is InChI=1S/C15H12ClF3N2O5/c1-7-8-3-2-4-9(16)12(8)26-11(7)13(23)25-5-10(22)21-14(24)20-6-15(17,18)19/h2-4H,5-6H2,1H3,(H2,20,21,22,24). The maximum absolute atomic E-state index is 12.0. The number of urea groups is 1. The number of rotatable bonds is 4. The van der Waals surface area contributed by atoms with Crippen LogP contribution in [-0.2, 0) is 9.53 Å². The number of nitrogens with one attached hydrogen (secondary N) is 2. The quantitative estimate of drug-likeness (QED) is 0.780. The number of halogens is 4. The zero-order chi connectivity index (χ0) is 19.5. The maximum Gasteiger partial charge on any atom is 0.405 e. The van der Waals surface area contributed by atoms with E-state index >= 15 is 0 Å². The lowest BCUT2D eigenvalue weighted by Crippen LogP contribution is -2.44. The summed E-state index contributed by atoms with van der Waals surface area (Å²) in [5, 5.41) is 3.89. The highest BCUT2D eigenvalue weighted by Crippen LogP contribution is 2.30. The molecule has 2 aromatic rings. The van der Waals surface area contributed by atoms with Gasteiger partial charge >= 0.3 is 18.2 Å². The number of aryl methyl sites for hydroxylation is 1. The number of amides is 3. The summed E-state index contributed by atoms with van der Waals surface area (Å²) in [6.45, 7) is -0.906. The smallest absolute Gasteiger partial charge is 0.405 e. The van der Waals surface area contributed by atoms with Crippen LogP contribution in [0.25, 0.3) is 11.0 Å². The van der Waals surface area contributed by atoms with Crippen molar-refractivity contribution in [2.75, 3.05) is 13.2 Å². The molecule has 0 spiro atoms. The first-order valence-corrected chi connectivity index (χ1v) is 7.45. The summed E-state index contributed by atoms with van der Waals surface area (Å²) in [5.41, 5.74) is 0.713. The van der Waals surface area contributed by atoms with Crippen molar-refractivity contribution in [1.29, 1.82) is 0 Å². The molecule has 0 saturated heterocycles. The van der Waals surface area contributed by atoms with Crippen molar-refractivity contribution in [2.24, 2.45) is 0 Å². The molecule has 140 valence electrons. The van der Waals surface area contributed by atoms with E-state index in [-0.39, 0.29) is 16.4 Å². The fraction of sp³-hybridized carbons (Fsp3) is 0.267. The average Bonchev–Trinajstić information content (AvgIpc) is 2.89. The Labute approximate surface area is 149 Å². The summed E-state index contributed by atoms with van der Waals surface area (Å²) in [5.74, 6) is -2.27. The van der Waals surface area contributed by atoms with E-state index in [1.165, 1.54) is 5.32 Å². The summed E-state index contributed by atoms with van der Waals surface area (Å²) in [6.07, 6.45) is -4.62. The lowest BCUT2D eigenvalue weighted by molar-refractivity contribution is -0.125. The highest BCUT2D eigenvalue weighted by molar-refractivity contribution is 6.35. The van der Waals surface area contributed by atoms with Gasteiger partial charge in [0.25, 0.3) is 5.91 Å². The van der Waals surface area contributed by atoms with Crippen molar-refractivity contribution < 1.29 is 36.7 Å². The second-order valence-electron chi connectivity index (χ2n) is 5.09. The number of ether oxygens (including phenoxy) is 1. The highest BCUT2D eigenvalue weighted by atomic mass is 35.5. The number of hydrogen-bond donors (Lipinski definition) is 2. The molecule has 3 amide bonds. The van der Waals surface area contributed by atoms with Gasteiger partial charge in [-0.25, -0.2) is 9.59 Å². The molecule has 7 nitrogen and oxygen atoms in total. The summed E-state index contributed by atoms with van der Waals surface area (Å²) < 4.78 is 45.8. The number of benzene rings is 1. The number of fused-ring (bicyclic) bond motifs is 1. The van der Waals surface area contributed by atoms with Crippen LogP contribution < -0.4 is 10.6 Å². The third kappa shape index (κ3) is 4.88. The first-order chi connectivity index (χ1) is 12.1. The van der Waals surface area contributed by atoms with Crippen molar-refractivity contribution in [3.05, 3.63) is 34.5 Å². The van der Waals surface area contributed by atoms with Crippen molar-refractivity contribution >= 4 is 40.5 Å². The largest absolute Gasteiger partial charge is 0.450 e. The van der Waals surface area contributed by atoms with Crippen LogP contribution in [0, 0.1) is 6.92 Å². The lowest BCUT2D eigenvalue weighted by atomic mass is 10.1. The Morgan fingerprint density at radius 1 is 1.27 bits per heavy atom. The molecule has 1 heterocycles. The summed E-state index contributed by atoms with van der Waals surface area (Å²) in [6, 6.07) is 3.54. The molecule has 0 bridgehead atoms. The first-order valence-electron chi connectivity index (χ1n) is 7.07. The van der Waals surface area contributed by atoms with Crippen LogP contribution >= 0.6 is 11.6 Å². The van der Waals surface area contributed by atoms with Crippen LogP contribution in [0.1, 0.15) is 16.1 Å². The Morgan fingerprint density at radius 2 is 1.96 bits per heavy atom. The number of carbonyl (C=O) groups is 3. The van der Waals surface area contributed by atoms with E-state index in [1.54, 1.807) is 30.4 Å². The van der Waals surface area contributed by atoms with Crippen LogP contribution in [0.4, 0.5) is 18.0 Å². The Morgan fingerprint density at radius 3 is 2.58 bits per heavy atom. The SMILES string of the molecule is Cc1c(C(=O)OCC(=O)NC(=O)NCC(F)(F)F)oc2c(Cl)cccc12. The van der Waals surface area contributed by atoms with E-state index in [1.807, 2.05) is 0 Å². The zero-order valence-corrected chi connectivity index (χ0v) is 14.0. The van der Waals surface area contributed by atoms with Gasteiger partial charge in [-0.15, -0.1) is 0 Å². The number of esters is 1. The number of furan rings is 1. The Balaban J connectivity index is 1.92. The molecule has 26 heavy (non-hydrogen) atoms. The molecular weight excluding hydrogens is 381 g/mol. The number of para-hydroxylation sites is 1. The van der Waals surface area contributed by atoms with E-state index in [0.29, 0.717) is 10.9 Å². The molecule has 0 saturated carbocycles. The molecule has 0 fully saturated rings. The highest BCUT2D eigenvalue weighted by Gasteiger charge is 2.28. The molecule has 1 aromatic carbocycles. The fourth-order valence-electron chi connectivity index (χ4n) is 1.99. The third-order valence-corrected chi connectivity index (χ3v) is 3.44. The number of carbonyl (C=O) groups excluding carboxylic acids is 3. The van der Waals surface area contributed by atoms with Crippen LogP contribution in [-0.4, -0.2) is 37.2 Å². The molecule has 1 aromatic heterocycles. The molecule has 0 unspecified atom stereocenters. The minimum Gasteiger partial charge on any atom is -0.450 e. The molecule has 0 radical (unpaired) electrons. The molecule has 2 rings (SSSR count).